The van der Waals surface area contributed by atoms with Crippen LogP contribution in [0.5, 0.6) is 0 Å². The van der Waals surface area contributed by atoms with Crippen molar-refractivity contribution < 1.29 is 0 Å². The number of aromatic nitrogens is 1. The number of rotatable bonds is 4. The van der Waals surface area contributed by atoms with E-state index in [4.69, 9.17) is 0 Å². The molecule has 3 heteroatoms. The van der Waals surface area contributed by atoms with E-state index in [1.54, 1.807) is 0 Å². The van der Waals surface area contributed by atoms with Gasteiger partial charge in [0.15, 0.2) is 0 Å². The van der Waals surface area contributed by atoms with Gasteiger partial charge in [0, 0.05) is 6.54 Å². The topological polar surface area (TPSA) is 24.9 Å². The zero-order chi connectivity index (χ0) is 12.2. The molecule has 1 atom stereocenters. The Bertz CT molecular complexity index is 331. The third-order valence-corrected chi connectivity index (χ3v) is 3.45. The molecule has 1 aromatic rings. The van der Waals surface area contributed by atoms with E-state index in [2.05, 4.69) is 53.9 Å². The molecule has 1 N–H and O–H groups in total. The van der Waals surface area contributed by atoms with Crippen LogP contribution in [0.4, 0.5) is 0 Å². The molecule has 0 aliphatic rings. The second-order valence-corrected chi connectivity index (χ2v) is 6.16. The summed E-state index contributed by atoms with van der Waals surface area (Å²) in [4.78, 5) is 4.39. The summed E-state index contributed by atoms with van der Waals surface area (Å²) in [6.45, 7) is 11.0. The summed E-state index contributed by atoms with van der Waals surface area (Å²) in [5, 5.41) is 3.45. The molecule has 0 aromatic carbocycles. The first-order valence-corrected chi connectivity index (χ1v) is 6.51. The van der Waals surface area contributed by atoms with Gasteiger partial charge in [-0.2, -0.15) is 0 Å². The van der Waals surface area contributed by atoms with E-state index in [0.717, 1.165) is 23.4 Å². The predicted octanol–water partition coefficient (Wildman–Crippen LogP) is 3.62. The molecule has 2 nitrogen and oxygen atoms in total. The van der Waals surface area contributed by atoms with Gasteiger partial charge in [-0.05, 0) is 45.9 Å². The molecule has 0 bridgehead atoms. The molecule has 1 heterocycles. The quantitative estimate of drug-likeness (QED) is 0.855. The van der Waals surface area contributed by atoms with Crippen LogP contribution in [0, 0.1) is 11.3 Å². The lowest BCUT2D eigenvalue weighted by Gasteiger charge is -2.27. The van der Waals surface area contributed by atoms with Crippen molar-refractivity contribution in [2.45, 2.75) is 34.2 Å². The molecule has 0 aliphatic heterocycles. The zero-order valence-corrected chi connectivity index (χ0v) is 12.1. The maximum Gasteiger partial charge on any atom is 0.106 e. The second kappa shape index (κ2) is 5.78. The first-order chi connectivity index (χ1) is 7.39. The van der Waals surface area contributed by atoms with Gasteiger partial charge in [0.2, 0.25) is 0 Å². The van der Waals surface area contributed by atoms with Crippen LogP contribution in [-0.4, -0.2) is 11.5 Å². The predicted molar refractivity (Wildman–Crippen MR) is 72.3 cm³/mol. The first-order valence-electron chi connectivity index (χ1n) is 5.72. The lowest BCUT2D eigenvalue weighted by molar-refractivity contribution is 0.252. The van der Waals surface area contributed by atoms with Gasteiger partial charge in [-0.1, -0.05) is 33.8 Å². The molecule has 16 heavy (non-hydrogen) atoms. The highest BCUT2D eigenvalue weighted by atomic mass is 79.9. The van der Waals surface area contributed by atoms with Crippen LogP contribution in [0.3, 0.4) is 0 Å². The largest absolute Gasteiger partial charge is 0.311 e. The average Bonchev–Trinajstić information content (AvgIpc) is 2.16. The van der Waals surface area contributed by atoms with Gasteiger partial charge in [0.25, 0.3) is 0 Å². The summed E-state index contributed by atoms with van der Waals surface area (Å²) < 4.78 is 0.899. The van der Waals surface area contributed by atoms with E-state index in [0.29, 0.717) is 11.3 Å². The van der Waals surface area contributed by atoms with Gasteiger partial charge < -0.3 is 5.32 Å². The van der Waals surface area contributed by atoms with Crippen LogP contribution in [0.25, 0.3) is 0 Å². The molecule has 0 saturated carbocycles. The molecule has 90 valence electrons. The molecule has 0 saturated heterocycles. The number of pyridine rings is 1. The van der Waals surface area contributed by atoms with Crippen molar-refractivity contribution in [2.75, 3.05) is 6.54 Å². The Kier molecular flexibility index (Phi) is 4.93. The highest BCUT2D eigenvalue weighted by Gasteiger charge is 2.19. The molecular weight excluding hydrogens is 264 g/mol. The van der Waals surface area contributed by atoms with E-state index >= 15 is 0 Å². The van der Waals surface area contributed by atoms with Crippen molar-refractivity contribution in [3.63, 3.8) is 0 Å². The van der Waals surface area contributed by atoms with E-state index in [9.17, 15) is 0 Å². The van der Waals surface area contributed by atoms with Crippen LogP contribution < -0.4 is 5.32 Å². The number of hydrogen-bond donors (Lipinski definition) is 1. The summed E-state index contributed by atoms with van der Waals surface area (Å²) in [6, 6.07) is 6.00. The standard InChI is InChI=1S/C13H21BrN2/c1-10(13(2,3)4)8-15-9-11-6-5-7-12(14)16-11/h5-7,10,15H,8-9H2,1-4H3. The van der Waals surface area contributed by atoms with E-state index < -0.39 is 0 Å². The van der Waals surface area contributed by atoms with Crippen molar-refractivity contribution in [2.24, 2.45) is 11.3 Å². The number of nitrogens with zero attached hydrogens (tertiary/aromatic N) is 1. The summed E-state index contributed by atoms with van der Waals surface area (Å²) in [5.74, 6) is 0.652. The Labute approximate surface area is 107 Å². The summed E-state index contributed by atoms with van der Waals surface area (Å²) in [7, 11) is 0. The smallest absolute Gasteiger partial charge is 0.106 e. The Morgan fingerprint density at radius 3 is 2.62 bits per heavy atom. The van der Waals surface area contributed by atoms with Crippen LogP contribution in [-0.2, 0) is 6.54 Å². The third-order valence-electron chi connectivity index (χ3n) is 3.01. The molecule has 0 radical (unpaired) electrons. The minimum absolute atomic E-state index is 0.359. The van der Waals surface area contributed by atoms with E-state index in [1.165, 1.54) is 0 Å². The highest BCUT2D eigenvalue weighted by Crippen LogP contribution is 2.24. The highest BCUT2D eigenvalue weighted by molar-refractivity contribution is 9.10. The summed E-state index contributed by atoms with van der Waals surface area (Å²) in [5.41, 5.74) is 1.44. The molecule has 1 aromatic heterocycles. The molecular formula is C13H21BrN2. The van der Waals surface area contributed by atoms with Crippen molar-refractivity contribution in [3.8, 4) is 0 Å². The van der Waals surface area contributed by atoms with Gasteiger partial charge in [-0.25, -0.2) is 4.98 Å². The first kappa shape index (κ1) is 13.7. The van der Waals surface area contributed by atoms with Crippen LogP contribution in [0.2, 0.25) is 0 Å². The Hall–Kier alpha value is -0.410. The van der Waals surface area contributed by atoms with Gasteiger partial charge in [0.05, 0.1) is 5.69 Å². The number of halogens is 1. The Balaban J connectivity index is 2.36. The van der Waals surface area contributed by atoms with E-state index in [1.807, 2.05) is 18.2 Å². The minimum atomic E-state index is 0.359. The lowest BCUT2D eigenvalue weighted by Crippen LogP contribution is -2.29. The molecule has 0 fully saturated rings. The molecule has 0 aliphatic carbocycles. The summed E-state index contributed by atoms with van der Waals surface area (Å²) >= 11 is 3.38. The van der Waals surface area contributed by atoms with Gasteiger partial charge in [0.1, 0.15) is 4.60 Å². The van der Waals surface area contributed by atoms with Crippen LogP contribution in [0.1, 0.15) is 33.4 Å². The van der Waals surface area contributed by atoms with Gasteiger partial charge >= 0.3 is 0 Å². The second-order valence-electron chi connectivity index (χ2n) is 5.35. The Morgan fingerprint density at radius 2 is 2.06 bits per heavy atom. The van der Waals surface area contributed by atoms with Crippen molar-refractivity contribution in [1.82, 2.24) is 10.3 Å². The fraction of sp³-hybridized carbons (Fsp3) is 0.615. The normalized spacial score (nSPS) is 13.8. The third kappa shape index (κ3) is 4.62. The fourth-order valence-electron chi connectivity index (χ4n) is 1.27. The van der Waals surface area contributed by atoms with Crippen molar-refractivity contribution in [3.05, 3.63) is 28.5 Å². The molecule has 0 spiro atoms. The van der Waals surface area contributed by atoms with Crippen LogP contribution >= 0.6 is 15.9 Å². The van der Waals surface area contributed by atoms with E-state index in [-0.39, 0.29) is 0 Å². The SMILES string of the molecule is CC(CNCc1cccc(Br)n1)C(C)(C)C. The summed E-state index contributed by atoms with van der Waals surface area (Å²) in [6.07, 6.45) is 0. The average molecular weight is 285 g/mol. The van der Waals surface area contributed by atoms with Crippen LogP contribution in [0.15, 0.2) is 22.8 Å². The van der Waals surface area contributed by atoms with Gasteiger partial charge in [-0.3, -0.25) is 0 Å². The number of hydrogen-bond acceptors (Lipinski definition) is 2. The lowest BCUT2D eigenvalue weighted by atomic mass is 9.82. The fourth-order valence-corrected chi connectivity index (χ4v) is 1.65. The molecule has 1 rings (SSSR count). The van der Waals surface area contributed by atoms with Crippen molar-refractivity contribution >= 4 is 15.9 Å². The maximum atomic E-state index is 4.39. The maximum absolute atomic E-state index is 4.39. The molecule has 0 amide bonds. The zero-order valence-electron chi connectivity index (χ0n) is 10.5. The Morgan fingerprint density at radius 1 is 1.38 bits per heavy atom. The van der Waals surface area contributed by atoms with Gasteiger partial charge in [-0.15, -0.1) is 0 Å². The minimum Gasteiger partial charge on any atom is -0.311 e. The molecule has 1 unspecified atom stereocenters. The number of nitrogens with one attached hydrogen (secondary N) is 1. The van der Waals surface area contributed by atoms with Crippen molar-refractivity contribution in [1.29, 1.82) is 0 Å². The monoisotopic (exact) mass is 284 g/mol.